The molecule has 1 aliphatic carbocycles. The van der Waals surface area contributed by atoms with E-state index in [1.807, 2.05) is 31.8 Å². The maximum atomic E-state index is 11.7. The van der Waals surface area contributed by atoms with Crippen molar-refractivity contribution in [2.24, 2.45) is 12.8 Å². The minimum absolute atomic E-state index is 0.269. The lowest BCUT2D eigenvalue weighted by Gasteiger charge is -2.29. The molecule has 6 nitrogen and oxygen atoms in total. The average Bonchev–Trinajstić information content (AvgIpc) is 3.10. The van der Waals surface area contributed by atoms with Crippen LogP contribution in [0.4, 0.5) is 0 Å². The second-order valence-corrected chi connectivity index (χ2v) is 6.06. The number of rotatable bonds is 8. The van der Waals surface area contributed by atoms with E-state index in [2.05, 4.69) is 15.2 Å². The van der Waals surface area contributed by atoms with Crippen molar-refractivity contribution in [3.63, 3.8) is 0 Å². The van der Waals surface area contributed by atoms with Crippen LogP contribution in [-0.2, 0) is 18.4 Å². The molecule has 1 aromatic heterocycles. The molecule has 1 amide bonds. The third-order valence-corrected chi connectivity index (χ3v) is 3.97. The van der Waals surface area contributed by atoms with E-state index in [0.29, 0.717) is 12.5 Å². The minimum atomic E-state index is -0.614. The Kier molecular flexibility index (Phi) is 4.45. The predicted molar refractivity (Wildman–Crippen MR) is 77.9 cm³/mol. The van der Waals surface area contributed by atoms with Crippen LogP contribution in [0.25, 0.3) is 0 Å². The van der Waals surface area contributed by atoms with Crippen LogP contribution in [0.3, 0.4) is 0 Å². The molecule has 1 fully saturated rings. The molecule has 20 heavy (non-hydrogen) atoms. The van der Waals surface area contributed by atoms with E-state index in [4.69, 9.17) is 5.73 Å². The summed E-state index contributed by atoms with van der Waals surface area (Å²) in [5, 5.41) is 3.37. The molecule has 0 bridgehead atoms. The zero-order chi connectivity index (χ0) is 14.8. The highest BCUT2D eigenvalue weighted by Gasteiger charge is 2.36. The fourth-order valence-electron chi connectivity index (χ4n) is 2.23. The molecule has 0 spiro atoms. The van der Waals surface area contributed by atoms with E-state index < -0.39 is 5.54 Å². The number of carbonyl (C=O) groups excluding carboxylic acids is 1. The van der Waals surface area contributed by atoms with Gasteiger partial charge < -0.3 is 15.6 Å². The molecular formula is C14H25N5O. The summed E-state index contributed by atoms with van der Waals surface area (Å²) in [4.78, 5) is 18.2. The number of hydrogen-bond donors (Lipinski definition) is 2. The molecular weight excluding hydrogens is 254 g/mol. The zero-order valence-corrected chi connectivity index (χ0v) is 12.6. The molecule has 0 aromatic carbocycles. The van der Waals surface area contributed by atoms with E-state index >= 15 is 0 Å². The highest BCUT2D eigenvalue weighted by molar-refractivity contribution is 5.84. The smallest absolute Gasteiger partial charge is 0.237 e. The number of nitrogens with two attached hydrogens (primary N) is 1. The van der Waals surface area contributed by atoms with Crippen molar-refractivity contribution in [1.82, 2.24) is 19.8 Å². The van der Waals surface area contributed by atoms with E-state index in [1.54, 1.807) is 6.20 Å². The fourth-order valence-corrected chi connectivity index (χ4v) is 2.23. The van der Waals surface area contributed by atoms with Crippen molar-refractivity contribution in [1.29, 1.82) is 0 Å². The van der Waals surface area contributed by atoms with Gasteiger partial charge in [-0.1, -0.05) is 0 Å². The Bertz CT molecular complexity index is 468. The number of amides is 1. The van der Waals surface area contributed by atoms with Gasteiger partial charge in [0.05, 0.1) is 12.1 Å². The number of aromatic nitrogens is 2. The third-order valence-electron chi connectivity index (χ3n) is 3.97. The van der Waals surface area contributed by atoms with Crippen molar-refractivity contribution in [3.05, 3.63) is 18.2 Å². The molecule has 2 rings (SSSR count). The van der Waals surface area contributed by atoms with Crippen LogP contribution < -0.4 is 11.1 Å². The topological polar surface area (TPSA) is 76.2 Å². The van der Waals surface area contributed by atoms with Gasteiger partial charge in [0.1, 0.15) is 5.82 Å². The lowest BCUT2D eigenvalue weighted by molar-refractivity contribution is -0.124. The maximum Gasteiger partial charge on any atom is 0.237 e. The highest BCUT2D eigenvalue weighted by atomic mass is 16.1. The molecule has 1 atom stereocenters. The summed E-state index contributed by atoms with van der Waals surface area (Å²) in [5.41, 5.74) is 4.94. The number of nitrogens with zero attached hydrogens (tertiary/aromatic N) is 3. The van der Waals surface area contributed by atoms with E-state index in [9.17, 15) is 4.79 Å². The average molecular weight is 279 g/mol. The van der Waals surface area contributed by atoms with Crippen molar-refractivity contribution < 1.29 is 4.79 Å². The highest BCUT2D eigenvalue weighted by Crippen LogP contribution is 2.24. The second-order valence-electron chi connectivity index (χ2n) is 6.06. The van der Waals surface area contributed by atoms with Gasteiger partial charge in [0.15, 0.2) is 0 Å². The third kappa shape index (κ3) is 3.80. The van der Waals surface area contributed by atoms with Crippen molar-refractivity contribution >= 4 is 5.91 Å². The Labute approximate surface area is 120 Å². The molecule has 0 saturated heterocycles. The van der Waals surface area contributed by atoms with Crippen molar-refractivity contribution in [3.8, 4) is 0 Å². The zero-order valence-electron chi connectivity index (χ0n) is 12.6. The lowest BCUT2D eigenvalue weighted by Crippen LogP contribution is -2.55. The van der Waals surface area contributed by atoms with Gasteiger partial charge in [-0.3, -0.25) is 9.69 Å². The van der Waals surface area contributed by atoms with Gasteiger partial charge >= 0.3 is 0 Å². The molecule has 6 heteroatoms. The molecule has 0 aliphatic heterocycles. The number of imidazole rings is 1. The van der Waals surface area contributed by atoms with Crippen LogP contribution in [0, 0.1) is 0 Å². The molecule has 1 heterocycles. The Balaban J connectivity index is 1.85. The second kappa shape index (κ2) is 5.93. The Morgan fingerprint density at radius 2 is 2.35 bits per heavy atom. The normalized spacial score (nSPS) is 18.2. The minimum Gasteiger partial charge on any atom is -0.368 e. The summed E-state index contributed by atoms with van der Waals surface area (Å²) in [5.74, 6) is 0.748. The Hall–Kier alpha value is -1.40. The standard InChI is InChI=1S/C14H25N5O/c1-14(13(15)20,17-11-4-5-11)6-8-18(2)10-12-16-7-9-19(12)3/h7,9,11,17H,4-6,8,10H2,1-3H3,(H2,15,20). The first-order chi connectivity index (χ1) is 9.40. The van der Waals surface area contributed by atoms with Crippen LogP contribution >= 0.6 is 0 Å². The van der Waals surface area contributed by atoms with Gasteiger partial charge in [-0.25, -0.2) is 4.98 Å². The molecule has 1 unspecified atom stereocenters. The van der Waals surface area contributed by atoms with Gasteiger partial charge in [-0.15, -0.1) is 0 Å². The van der Waals surface area contributed by atoms with Gasteiger partial charge in [0.2, 0.25) is 5.91 Å². The van der Waals surface area contributed by atoms with Gasteiger partial charge in [-0.05, 0) is 33.2 Å². The van der Waals surface area contributed by atoms with Crippen molar-refractivity contribution in [2.45, 2.75) is 44.3 Å². The number of hydrogen-bond acceptors (Lipinski definition) is 4. The van der Waals surface area contributed by atoms with Crippen LogP contribution in [0.15, 0.2) is 12.4 Å². The summed E-state index contributed by atoms with van der Waals surface area (Å²) >= 11 is 0. The van der Waals surface area contributed by atoms with Gasteiger partial charge in [0, 0.05) is 32.0 Å². The number of nitrogens with one attached hydrogen (secondary N) is 1. The predicted octanol–water partition coefficient (Wildman–Crippen LogP) is 0.238. The Morgan fingerprint density at radius 1 is 1.65 bits per heavy atom. The van der Waals surface area contributed by atoms with Crippen LogP contribution in [0.5, 0.6) is 0 Å². The number of carbonyl (C=O) groups is 1. The molecule has 1 saturated carbocycles. The summed E-state index contributed by atoms with van der Waals surface area (Å²) in [6.07, 6.45) is 6.73. The van der Waals surface area contributed by atoms with Crippen LogP contribution in [0.1, 0.15) is 32.0 Å². The van der Waals surface area contributed by atoms with Crippen LogP contribution in [-0.4, -0.2) is 45.5 Å². The summed E-state index contributed by atoms with van der Waals surface area (Å²) < 4.78 is 2.01. The maximum absolute atomic E-state index is 11.7. The first-order valence-electron chi connectivity index (χ1n) is 7.13. The van der Waals surface area contributed by atoms with Crippen molar-refractivity contribution in [2.75, 3.05) is 13.6 Å². The fraction of sp³-hybridized carbons (Fsp3) is 0.714. The monoisotopic (exact) mass is 279 g/mol. The quantitative estimate of drug-likeness (QED) is 0.714. The Morgan fingerprint density at radius 3 is 2.85 bits per heavy atom. The number of primary amides is 1. The number of aryl methyl sites for hydroxylation is 1. The first-order valence-corrected chi connectivity index (χ1v) is 7.13. The van der Waals surface area contributed by atoms with Gasteiger partial charge in [-0.2, -0.15) is 0 Å². The molecule has 0 radical (unpaired) electrons. The summed E-state index contributed by atoms with van der Waals surface area (Å²) in [6, 6.07) is 0.465. The molecule has 3 N–H and O–H groups in total. The lowest BCUT2D eigenvalue weighted by atomic mass is 9.96. The molecule has 1 aromatic rings. The van der Waals surface area contributed by atoms with E-state index in [0.717, 1.165) is 31.8 Å². The molecule has 1 aliphatic rings. The molecule has 112 valence electrons. The van der Waals surface area contributed by atoms with E-state index in [-0.39, 0.29) is 5.91 Å². The first kappa shape index (κ1) is 15.0. The summed E-state index contributed by atoms with van der Waals surface area (Å²) in [7, 11) is 4.02. The summed E-state index contributed by atoms with van der Waals surface area (Å²) in [6.45, 7) is 3.47. The van der Waals surface area contributed by atoms with Crippen LogP contribution in [0.2, 0.25) is 0 Å². The van der Waals surface area contributed by atoms with E-state index in [1.165, 1.54) is 0 Å². The SMILES string of the molecule is CN(CCC(C)(NC1CC1)C(N)=O)Cc1nccn1C. The largest absolute Gasteiger partial charge is 0.368 e. The van der Waals surface area contributed by atoms with Gasteiger partial charge in [0.25, 0.3) is 0 Å².